The van der Waals surface area contributed by atoms with E-state index >= 15 is 0 Å². The Hall–Kier alpha value is -3.16. The highest BCUT2D eigenvalue weighted by atomic mass is 31.2. The molecule has 0 unspecified atom stereocenters. The maximum absolute atomic E-state index is 13.9. The molecular weight excluding hydrogens is 514 g/mol. The molecule has 1 aromatic heterocycles. The van der Waals surface area contributed by atoms with Gasteiger partial charge in [-0.3, -0.25) is 0 Å². The summed E-state index contributed by atoms with van der Waals surface area (Å²) in [6.45, 7) is 8.73. The third-order valence-electron chi connectivity index (χ3n) is 7.29. The van der Waals surface area contributed by atoms with Crippen LogP contribution in [0.25, 0.3) is 0 Å². The standard InChI is InChI=1S/C29H40FN6O2P/c1-19-8-9-23(27(14-19)39(6,7)37)32-28-21(17-30)18-31-29(34-28)33-24-15-20(2)25(16-26(24)38-5)36-12-10-22(11-13-36)35(3)4/h8-9,14-16,18,22H,10-13,17H2,1-7H3,(H2,31,32,33,34). The molecule has 1 aliphatic rings. The molecule has 39 heavy (non-hydrogen) atoms. The number of anilines is 5. The van der Waals surface area contributed by atoms with Gasteiger partial charge in [-0.1, -0.05) is 11.6 Å². The van der Waals surface area contributed by atoms with E-state index in [2.05, 4.69) is 57.5 Å². The van der Waals surface area contributed by atoms with E-state index < -0.39 is 13.8 Å². The largest absolute Gasteiger partial charge is 0.494 e. The zero-order valence-corrected chi connectivity index (χ0v) is 24.9. The predicted molar refractivity (Wildman–Crippen MR) is 160 cm³/mol. The number of aromatic nitrogens is 2. The second-order valence-electron chi connectivity index (χ2n) is 10.8. The van der Waals surface area contributed by atoms with Gasteiger partial charge in [0.1, 0.15) is 25.4 Å². The lowest BCUT2D eigenvalue weighted by Crippen LogP contribution is -2.42. The van der Waals surface area contributed by atoms with Crippen LogP contribution in [0.1, 0.15) is 29.5 Å². The molecule has 1 aliphatic heterocycles. The van der Waals surface area contributed by atoms with Crippen molar-refractivity contribution in [3.05, 3.63) is 53.2 Å². The molecule has 0 atom stereocenters. The first-order valence-electron chi connectivity index (χ1n) is 13.2. The molecule has 210 valence electrons. The second kappa shape index (κ2) is 11.9. The zero-order chi connectivity index (χ0) is 28.3. The maximum atomic E-state index is 13.9. The van der Waals surface area contributed by atoms with Crippen LogP contribution < -0.4 is 25.6 Å². The SMILES string of the molecule is COc1cc(N2CCC(N(C)C)CC2)c(C)cc1Nc1ncc(CF)c(Nc2ccc(C)cc2P(C)(C)=O)n1. The Morgan fingerprint density at radius 3 is 2.44 bits per heavy atom. The number of nitrogens with zero attached hydrogens (tertiary/aromatic N) is 4. The number of methoxy groups -OCH3 is 1. The van der Waals surface area contributed by atoms with Gasteiger partial charge in [0.25, 0.3) is 0 Å². The van der Waals surface area contributed by atoms with E-state index in [4.69, 9.17) is 4.74 Å². The molecule has 0 bridgehead atoms. The van der Waals surface area contributed by atoms with E-state index in [-0.39, 0.29) is 0 Å². The molecule has 8 nitrogen and oxygen atoms in total. The summed E-state index contributed by atoms with van der Waals surface area (Å²) >= 11 is 0. The number of benzene rings is 2. The van der Waals surface area contributed by atoms with E-state index in [0.717, 1.165) is 48.4 Å². The maximum Gasteiger partial charge on any atom is 0.229 e. The molecule has 2 N–H and O–H groups in total. The van der Waals surface area contributed by atoms with Crippen LogP contribution in [0.4, 0.5) is 33.2 Å². The summed E-state index contributed by atoms with van der Waals surface area (Å²) in [7, 11) is 3.34. The Morgan fingerprint density at radius 1 is 1.10 bits per heavy atom. The van der Waals surface area contributed by atoms with Crippen LogP contribution in [-0.2, 0) is 11.2 Å². The van der Waals surface area contributed by atoms with Crippen molar-refractivity contribution in [1.82, 2.24) is 14.9 Å². The van der Waals surface area contributed by atoms with E-state index in [9.17, 15) is 8.96 Å². The van der Waals surface area contributed by atoms with Crippen molar-refractivity contribution < 1.29 is 13.7 Å². The molecule has 1 fully saturated rings. The van der Waals surface area contributed by atoms with E-state index in [0.29, 0.717) is 40.1 Å². The Balaban J connectivity index is 1.61. The Bertz CT molecular complexity index is 1370. The third-order valence-corrected chi connectivity index (χ3v) is 8.83. The molecule has 0 radical (unpaired) electrons. The van der Waals surface area contributed by atoms with E-state index in [1.54, 1.807) is 20.4 Å². The van der Waals surface area contributed by atoms with Gasteiger partial charge in [0.15, 0.2) is 0 Å². The van der Waals surface area contributed by atoms with Gasteiger partial charge in [0.05, 0.1) is 18.5 Å². The lowest BCUT2D eigenvalue weighted by atomic mass is 10.0. The Labute approximate surface area is 231 Å². The highest BCUT2D eigenvalue weighted by Gasteiger charge is 2.23. The number of nitrogens with one attached hydrogen (secondary N) is 2. The van der Waals surface area contributed by atoms with Crippen LogP contribution in [0.2, 0.25) is 0 Å². The third kappa shape index (κ3) is 6.71. The minimum atomic E-state index is -2.59. The first kappa shape index (κ1) is 28.8. The normalized spacial score (nSPS) is 14.5. The number of halogens is 1. The molecule has 1 saturated heterocycles. The summed E-state index contributed by atoms with van der Waals surface area (Å²) in [5, 5.41) is 7.17. The average molecular weight is 555 g/mol. The molecule has 10 heteroatoms. The van der Waals surface area contributed by atoms with Crippen molar-refractivity contribution in [3.8, 4) is 5.75 Å². The fourth-order valence-electron chi connectivity index (χ4n) is 5.02. The van der Waals surface area contributed by atoms with Gasteiger partial charge in [0, 0.05) is 47.9 Å². The van der Waals surface area contributed by atoms with Crippen LogP contribution in [0.3, 0.4) is 0 Å². The van der Waals surface area contributed by atoms with Gasteiger partial charge < -0.3 is 29.7 Å². The van der Waals surface area contributed by atoms with Gasteiger partial charge >= 0.3 is 0 Å². The van der Waals surface area contributed by atoms with Crippen molar-refractivity contribution in [1.29, 1.82) is 0 Å². The predicted octanol–water partition coefficient (Wildman–Crippen LogP) is 5.84. The summed E-state index contributed by atoms with van der Waals surface area (Å²) in [6, 6.07) is 10.4. The fourth-order valence-corrected chi connectivity index (χ4v) is 6.25. The number of hydrogen-bond acceptors (Lipinski definition) is 8. The molecule has 0 saturated carbocycles. The van der Waals surface area contributed by atoms with Crippen molar-refractivity contribution in [2.75, 3.05) is 63.2 Å². The molecule has 3 aromatic rings. The van der Waals surface area contributed by atoms with Crippen molar-refractivity contribution in [2.45, 2.75) is 39.4 Å². The van der Waals surface area contributed by atoms with Crippen LogP contribution in [0, 0.1) is 13.8 Å². The van der Waals surface area contributed by atoms with Crippen molar-refractivity contribution >= 4 is 41.3 Å². The molecule has 0 amide bonds. The van der Waals surface area contributed by atoms with Gasteiger partial charge in [-0.15, -0.1) is 0 Å². The molecule has 2 heterocycles. The molecule has 2 aromatic carbocycles. The summed E-state index contributed by atoms with van der Waals surface area (Å²) in [4.78, 5) is 13.7. The Kier molecular flexibility index (Phi) is 8.82. The topological polar surface area (TPSA) is 82.6 Å². The van der Waals surface area contributed by atoms with Crippen LogP contribution in [-0.4, -0.2) is 68.5 Å². The van der Waals surface area contributed by atoms with Gasteiger partial charge in [0.2, 0.25) is 5.95 Å². The summed E-state index contributed by atoms with van der Waals surface area (Å²) in [6.07, 6.45) is 3.70. The molecular formula is C29H40FN6O2P. The first-order valence-corrected chi connectivity index (χ1v) is 15.8. The number of piperidine rings is 1. The monoisotopic (exact) mass is 554 g/mol. The van der Waals surface area contributed by atoms with Crippen LogP contribution in [0.5, 0.6) is 5.75 Å². The summed E-state index contributed by atoms with van der Waals surface area (Å²) in [5.41, 5.74) is 4.96. The lowest BCUT2D eigenvalue weighted by molar-refractivity contribution is 0.249. The van der Waals surface area contributed by atoms with Gasteiger partial charge in [-0.2, -0.15) is 4.98 Å². The Morgan fingerprint density at radius 2 is 1.82 bits per heavy atom. The number of aryl methyl sites for hydroxylation is 2. The summed E-state index contributed by atoms with van der Waals surface area (Å²) in [5.74, 6) is 1.30. The molecule has 0 aliphatic carbocycles. The minimum absolute atomic E-state index is 0.303. The number of alkyl halides is 1. The highest BCUT2D eigenvalue weighted by molar-refractivity contribution is 7.70. The van der Waals surface area contributed by atoms with Crippen molar-refractivity contribution in [3.63, 3.8) is 0 Å². The average Bonchev–Trinajstić information content (AvgIpc) is 2.89. The fraction of sp³-hybridized carbons (Fsp3) is 0.448. The molecule has 4 rings (SSSR count). The van der Waals surface area contributed by atoms with E-state index in [1.165, 1.54) is 6.20 Å². The van der Waals surface area contributed by atoms with Crippen LogP contribution in [0.15, 0.2) is 36.5 Å². The number of ether oxygens (including phenoxy) is 1. The second-order valence-corrected chi connectivity index (χ2v) is 14.0. The van der Waals surface area contributed by atoms with Gasteiger partial charge in [-0.25, -0.2) is 9.37 Å². The number of rotatable bonds is 9. The van der Waals surface area contributed by atoms with E-state index in [1.807, 2.05) is 31.2 Å². The van der Waals surface area contributed by atoms with Gasteiger partial charge in [-0.05, 0) is 77.9 Å². The highest BCUT2D eigenvalue weighted by Crippen LogP contribution is 2.39. The quantitative estimate of drug-likeness (QED) is 0.320. The lowest BCUT2D eigenvalue weighted by Gasteiger charge is -2.37. The minimum Gasteiger partial charge on any atom is -0.494 e. The van der Waals surface area contributed by atoms with Crippen LogP contribution >= 0.6 is 7.14 Å². The zero-order valence-electron chi connectivity index (χ0n) is 24.0. The number of hydrogen-bond donors (Lipinski definition) is 2. The summed E-state index contributed by atoms with van der Waals surface area (Å²) < 4.78 is 32.6. The smallest absolute Gasteiger partial charge is 0.229 e. The molecule has 0 spiro atoms. The van der Waals surface area contributed by atoms with Crippen molar-refractivity contribution in [2.24, 2.45) is 0 Å². The first-order chi connectivity index (χ1) is 18.5.